The van der Waals surface area contributed by atoms with Gasteiger partial charge in [-0.25, -0.2) is 19.9 Å². The SMILES string of the molecule is FC(F)(F)c1ccc(Nc2ccnc3nc(-c4nnc(NCCCN5CCOCC5)cc4C(F)(F)F)cnc23)nc1. The number of nitrogens with one attached hydrogen (secondary N) is 2. The third kappa shape index (κ3) is 6.94. The Balaban J connectivity index is 1.34. The predicted molar refractivity (Wildman–Crippen MR) is 136 cm³/mol. The van der Waals surface area contributed by atoms with Crippen molar-refractivity contribution in [3.63, 3.8) is 0 Å². The van der Waals surface area contributed by atoms with Crippen molar-refractivity contribution in [3.05, 3.63) is 54.0 Å². The summed E-state index contributed by atoms with van der Waals surface area (Å²) in [5, 5.41) is 13.4. The van der Waals surface area contributed by atoms with E-state index in [4.69, 9.17) is 4.74 Å². The Kier molecular flexibility index (Phi) is 8.12. The van der Waals surface area contributed by atoms with Gasteiger partial charge >= 0.3 is 12.4 Å². The largest absolute Gasteiger partial charge is 0.418 e. The van der Waals surface area contributed by atoms with Crippen molar-refractivity contribution in [3.8, 4) is 11.4 Å². The zero-order valence-electron chi connectivity index (χ0n) is 21.3. The molecule has 0 aliphatic carbocycles. The van der Waals surface area contributed by atoms with Gasteiger partial charge in [-0.15, -0.1) is 10.2 Å². The highest BCUT2D eigenvalue weighted by molar-refractivity contribution is 5.87. The van der Waals surface area contributed by atoms with Crippen LogP contribution in [0.3, 0.4) is 0 Å². The van der Waals surface area contributed by atoms with E-state index >= 15 is 0 Å². The van der Waals surface area contributed by atoms with Gasteiger partial charge in [0.15, 0.2) is 5.65 Å². The van der Waals surface area contributed by atoms with Crippen LogP contribution >= 0.6 is 0 Å². The number of pyridine rings is 2. The van der Waals surface area contributed by atoms with Crippen molar-refractivity contribution in [1.29, 1.82) is 0 Å². The fourth-order valence-electron chi connectivity index (χ4n) is 4.14. The molecule has 2 N–H and O–H groups in total. The van der Waals surface area contributed by atoms with E-state index in [-0.39, 0.29) is 28.5 Å². The monoisotopic (exact) mass is 579 g/mol. The Morgan fingerprint density at radius 2 is 1.68 bits per heavy atom. The van der Waals surface area contributed by atoms with Crippen LogP contribution < -0.4 is 10.6 Å². The molecule has 5 heterocycles. The molecule has 0 bridgehead atoms. The summed E-state index contributed by atoms with van der Waals surface area (Å²) < 4.78 is 85.8. The Hall–Kier alpha value is -4.18. The number of halogens is 6. The second kappa shape index (κ2) is 11.7. The lowest BCUT2D eigenvalue weighted by Gasteiger charge is -2.26. The molecule has 5 rings (SSSR count). The average Bonchev–Trinajstić information content (AvgIpc) is 2.95. The molecule has 4 aromatic rings. The molecule has 4 aromatic heterocycles. The van der Waals surface area contributed by atoms with E-state index in [0.29, 0.717) is 38.1 Å². The molecular formula is C25H23F6N9O. The maximum atomic E-state index is 14.0. The Labute approximate surface area is 229 Å². The van der Waals surface area contributed by atoms with Crippen LogP contribution in [0.15, 0.2) is 42.9 Å². The van der Waals surface area contributed by atoms with Crippen molar-refractivity contribution in [2.75, 3.05) is 50.0 Å². The summed E-state index contributed by atoms with van der Waals surface area (Å²) in [6, 6.07) is 4.37. The molecule has 0 atom stereocenters. The van der Waals surface area contributed by atoms with Gasteiger partial charge in [0.25, 0.3) is 0 Å². The van der Waals surface area contributed by atoms with Crippen LogP contribution in [0.1, 0.15) is 17.5 Å². The Morgan fingerprint density at radius 1 is 0.878 bits per heavy atom. The van der Waals surface area contributed by atoms with Gasteiger partial charge in [0.1, 0.15) is 28.5 Å². The standard InChI is InChI=1S/C25H23F6N9O/c26-24(27,28)15-2-3-19(34-13-15)36-17-4-6-33-23-22(17)35-14-18(37-23)21-16(25(29,30)31)12-20(38-39-21)32-5-1-7-40-8-10-41-11-9-40/h2-4,6,12-14H,1,5,7-11H2,(H,32,38)(H,33,34,36,37). The zero-order chi connectivity index (χ0) is 29.0. The van der Waals surface area contributed by atoms with Gasteiger partial charge in [0, 0.05) is 32.0 Å². The normalized spacial score (nSPS) is 14.8. The fraction of sp³-hybridized carbons (Fsp3) is 0.360. The van der Waals surface area contributed by atoms with Crippen LogP contribution in [0.25, 0.3) is 22.6 Å². The molecule has 0 aromatic carbocycles. The lowest BCUT2D eigenvalue weighted by molar-refractivity contribution is -0.138. The van der Waals surface area contributed by atoms with E-state index in [1.54, 1.807) is 0 Å². The number of aromatic nitrogens is 6. The number of morpholine rings is 1. The maximum Gasteiger partial charge on any atom is 0.418 e. The summed E-state index contributed by atoms with van der Waals surface area (Å²) in [6.07, 6.45) is -5.48. The first kappa shape index (κ1) is 28.4. The predicted octanol–water partition coefficient (Wildman–Crippen LogP) is 4.79. The number of ether oxygens (including phenoxy) is 1. The maximum absolute atomic E-state index is 14.0. The lowest BCUT2D eigenvalue weighted by Crippen LogP contribution is -2.37. The summed E-state index contributed by atoms with van der Waals surface area (Å²) >= 11 is 0. The van der Waals surface area contributed by atoms with Gasteiger partial charge in [-0.1, -0.05) is 0 Å². The van der Waals surface area contributed by atoms with Crippen molar-refractivity contribution >= 4 is 28.5 Å². The molecule has 1 fully saturated rings. The van der Waals surface area contributed by atoms with Crippen LogP contribution in [0.4, 0.5) is 43.7 Å². The van der Waals surface area contributed by atoms with Gasteiger partial charge in [-0.2, -0.15) is 26.3 Å². The van der Waals surface area contributed by atoms with E-state index in [1.165, 1.54) is 12.3 Å². The highest BCUT2D eigenvalue weighted by Crippen LogP contribution is 2.36. The highest BCUT2D eigenvalue weighted by Gasteiger charge is 2.36. The van der Waals surface area contributed by atoms with E-state index in [1.807, 2.05) is 0 Å². The second-order valence-corrected chi connectivity index (χ2v) is 9.06. The Bertz CT molecular complexity index is 1490. The van der Waals surface area contributed by atoms with Gasteiger partial charge in [-0.05, 0) is 37.2 Å². The van der Waals surface area contributed by atoms with Crippen molar-refractivity contribution in [2.24, 2.45) is 0 Å². The summed E-state index contributed by atoms with van der Waals surface area (Å²) in [4.78, 5) is 18.5. The first-order valence-electron chi connectivity index (χ1n) is 12.5. The van der Waals surface area contributed by atoms with E-state index in [9.17, 15) is 26.3 Å². The van der Waals surface area contributed by atoms with Gasteiger partial charge < -0.3 is 15.4 Å². The molecule has 41 heavy (non-hydrogen) atoms. The van der Waals surface area contributed by atoms with Crippen LogP contribution in [-0.4, -0.2) is 74.4 Å². The van der Waals surface area contributed by atoms with Crippen LogP contribution in [0.2, 0.25) is 0 Å². The number of hydrogen-bond acceptors (Lipinski definition) is 10. The van der Waals surface area contributed by atoms with Gasteiger partial charge in [0.05, 0.1) is 36.2 Å². The highest BCUT2D eigenvalue weighted by atomic mass is 19.4. The fourth-order valence-corrected chi connectivity index (χ4v) is 4.14. The molecule has 0 saturated carbocycles. The van der Waals surface area contributed by atoms with E-state index < -0.39 is 29.2 Å². The van der Waals surface area contributed by atoms with Gasteiger partial charge in [-0.3, -0.25) is 4.90 Å². The van der Waals surface area contributed by atoms with E-state index in [2.05, 4.69) is 45.7 Å². The minimum atomic E-state index is -4.75. The molecule has 1 aliphatic heterocycles. The second-order valence-electron chi connectivity index (χ2n) is 9.06. The van der Waals surface area contributed by atoms with Crippen LogP contribution in [0, 0.1) is 0 Å². The molecule has 0 radical (unpaired) electrons. The van der Waals surface area contributed by atoms with Crippen LogP contribution in [-0.2, 0) is 17.1 Å². The summed E-state index contributed by atoms with van der Waals surface area (Å²) in [5.74, 6) is 0.0695. The smallest absolute Gasteiger partial charge is 0.379 e. The minimum Gasteiger partial charge on any atom is -0.379 e. The van der Waals surface area contributed by atoms with Crippen molar-refractivity contribution in [1.82, 2.24) is 35.0 Å². The van der Waals surface area contributed by atoms with E-state index in [0.717, 1.165) is 44.0 Å². The molecule has 10 nitrogen and oxygen atoms in total. The van der Waals surface area contributed by atoms with Crippen molar-refractivity contribution in [2.45, 2.75) is 18.8 Å². The molecular weight excluding hydrogens is 556 g/mol. The van der Waals surface area contributed by atoms with Crippen molar-refractivity contribution < 1.29 is 31.1 Å². The number of nitrogens with zero attached hydrogens (tertiary/aromatic N) is 7. The summed E-state index contributed by atoms with van der Waals surface area (Å²) in [7, 11) is 0. The Morgan fingerprint density at radius 3 is 2.39 bits per heavy atom. The quantitative estimate of drug-likeness (QED) is 0.223. The number of rotatable bonds is 8. The van der Waals surface area contributed by atoms with Crippen LogP contribution in [0.5, 0.6) is 0 Å². The number of alkyl halides is 6. The third-order valence-corrected chi connectivity index (χ3v) is 6.20. The molecule has 0 amide bonds. The number of fused-ring (bicyclic) bond motifs is 1. The molecule has 16 heteroatoms. The first-order chi connectivity index (χ1) is 19.6. The molecule has 216 valence electrons. The summed E-state index contributed by atoms with van der Waals surface area (Å²) in [6.45, 7) is 4.15. The lowest BCUT2D eigenvalue weighted by atomic mass is 10.1. The molecule has 0 unspecified atom stereocenters. The molecule has 1 saturated heterocycles. The molecule has 1 aliphatic rings. The zero-order valence-corrected chi connectivity index (χ0v) is 21.3. The number of anilines is 3. The topological polar surface area (TPSA) is 114 Å². The first-order valence-corrected chi connectivity index (χ1v) is 12.5. The molecule has 0 spiro atoms. The number of hydrogen-bond donors (Lipinski definition) is 2. The average molecular weight is 580 g/mol. The minimum absolute atomic E-state index is 0.0142. The summed E-state index contributed by atoms with van der Waals surface area (Å²) in [5.41, 5.74) is -2.23. The van der Waals surface area contributed by atoms with Gasteiger partial charge in [0.2, 0.25) is 0 Å². The third-order valence-electron chi connectivity index (χ3n) is 6.20.